The molecule has 5 rings (SSSR count). The molecular weight excluding hydrogens is 354 g/mol. The van der Waals surface area contributed by atoms with E-state index in [4.69, 9.17) is 9.47 Å². The van der Waals surface area contributed by atoms with Gasteiger partial charge in [0.05, 0.1) is 0 Å². The van der Waals surface area contributed by atoms with Gasteiger partial charge in [0.1, 0.15) is 13.2 Å². The Morgan fingerprint density at radius 3 is 2.82 bits per heavy atom. The Labute approximate surface area is 163 Å². The molecule has 2 aliphatic rings. The number of carbonyl (C=O) groups is 1. The SMILES string of the molecule is CCn1cc2c3c(cccc31)CN(C(=O)Nc1ccc3c(c1)OCCO3)CC2. The van der Waals surface area contributed by atoms with Gasteiger partial charge >= 0.3 is 6.03 Å². The molecule has 6 nitrogen and oxygen atoms in total. The Hall–Kier alpha value is -3.15. The first kappa shape index (κ1) is 17.0. The predicted molar refractivity (Wildman–Crippen MR) is 108 cm³/mol. The summed E-state index contributed by atoms with van der Waals surface area (Å²) in [6.45, 7) is 5.49. The van der Waals surface area contributed by atoms with E-state index in [1.165, 1.54) is 22.0 Å². The molecule has 28 heavy (non-hydrogen) atoms. The number of hydrogen-bond acceptors (Lipinski definition) is 3. The lowest BCUT2D eigenvalue weighted by Gasteiger charge is -2.23. The van der Waals surface area contributed by atoms with Crippen LogP contribution < -0.4 is 14.8 Å². The molecule has 0 saturated carbocycles. The molecule has 0 saturated heterocycles. The Bertz CT molecular complexity index is 1060. The molecule has 0 atom stereocenters. The van der Waals surface area contributed by atoms with Gasteiger partial charge in [0.15, 0.2) is 11.5 Å². The highest BCUT2D eigenvalue weighted by atomic mass is 16.6. The van der Waals surface area contributed by atoms with E-state index in [9.17, 15) is 4.79 Å². The summed E-state index contributed by atoms with van der Waals surface area (Å²) in [7, 11) is 0. The molecule has 0 unspecified atom stereocenters. The third-order valence-electron chi connectivity index (χ3n) is 5.50. The second-order valence-electron chi connectivity index (χ2n) is 7.21. The first-order valence-corrected chi connectivity index (χ1v) is 9.78. The largest absolute Gasteiger partial charge is 0.486 e. The van der Waals surface area contributed by atoms with Crippen molar-refractivity contribution < 1.29 is 14.3 Å². The number of hydrogen-bond donors (Lipinski definition) is 1. The van der Waals surface area contributed by atoms with Gasteiger partial charge in [0.2, 0.25) is 0 Å². The molecule has 3 aromatic rings. The van der Waals surface area contributed by atoms with Crippen LogP contribution in [-0.4, -0.2) is 35.3 Å². The molecule has 3 heterocycles. The lowest BCUT2D eigenvalue weighted by atomic mass is 10.1. The van der Waals surface area contributed by atoms with Gasteiger partial charge in [-0.05, 0) is 42.7 Å². The summed E-state index contributed by atoms with van der Waals surface area (Å²) < 4.78 is 13.4. The van der Waals surface area contributed by atoms with E-state index in [-0.39, 0.29) is 6.03 Å². The average Bonchev–Trinajstić information content (AvgIpc) is 2.98. The van der Waals surface area contributed by atoms with Crippen molar-refractivity contribution in [1.82, 2.24) is 9.47 Å². The highest BCUT2D eigenvalue weighted by Gasteiger charge is 2.22. The molecule has 0 bridgehead atoms. The summed E-state index contributed by atoms with van der Waals surface area (Å²) in [5, 5.41) is 4.31. The van der Waals surface area contributed by atoms with E-state index in [1.807, 2.05) is 23.1 Å². The zero-order valence-electron chi connectivity index (χ0n) is 15.9. The van der Waals surface area contributed by atoms with Crippen molar-refractivity contribution in [3.8, 4) is 11.5 Å². The third-order valence-corrected chi connectivity index (χ3v) is 5.50. The Morgan fingerprint density at radius 2 is 1.96 bits per heavy atom. The second kappa shape index (κ2) is 6.78. The van der Waals surface area contributed by atoms with Crippen LogP contribution in [0.5, 0.6) is 11.5 Å². The zero-order chi connectivity index (χ0) is 19.1. The highest BCUT2D eigenvalue weighted by molar-refractivity contribution is 5.92. The van der Waals surface area contributed by atoms with E-state index in [2.05, 4.69) is 41.2 Å². The van der Waals surface area contributed by atoms with Crippen LogP contribution in [-0.2, 0) is 19.5 Å². The number of aromatic nitrogens is 1. The van der Waals surface area contributed by atoms with Gasteiger partial charge in [-0.2, -0.15) is 0 Å². The number of nitrogens with one attached hydrogen (secondary N) is 1. The van der Waals surface area contributed by atoms with Crippen molar-refractivity contribution in [1.29, 1.82) is 0 Å². The van der Waals surface area contributed by atoms with Crippen LogP contribution in [0.4, 0.5) is 10.5 Å². The summed E-state index contributed by atoms with van der Waals surface area (Å²) in [6, 6.07) is 11.8. The molecule has 2 aromatic carbocycles. The van der Waals surface area contributed by atoms with Gasteiger partial charge in [-0.25, -0.2) is 4.79 Å². The monoisotopic (exact) mass is 377 g/mol. The van der Waals surface area contributed by atoms with Crippen LogP contribution in [0.1, 0.15) is 18.1 Å². The van der Waals surface area contributed by atoms with Gasteiger partial charge in [-0.15, -0.1) is 0 Å². The van der Waals surface area contributed by atoms with E-state index in [1.54, 1.807) is 0 Å². The van der Waals surface area contributed by atoms with Crippen LogP contribution in [0.15, 0.2) is 42.6 Å². The van der Waals surface area contributed by atoms with Crippen molar-refractivity contribution in [2.45, 2.75) is 26.4 Å². The van der Waals surface area contributed by atoms with Crippen molar-refractivity contribution in [2.75, 3.05) is 25.1 Å². The van der Waals surface area contributed by atoms with Crippen molar-refractivity contribution >= 4 is 22.6 Å². The maximum absolute atomic E-state index is 12.9. The number of anilines is 1. The maximum Gasteiger partial charge on any atom is 0.322 e. The quantitative estimate of drug-likeness (QED) is 0.734. The fraction of sp³-hybridized carbons (Fsp3) is 0.318. The second-order valence-corrected chi connectivity index (χ2v) is 7.21. The topological polar surface area (TPSA) is 55.7 Å². The summed E-state index contributed by atoms with van der Waals surface area (Å²) >= 11 is 0. The van der Waals surface area contributed by atoms with Gasteiger partial charge in [0.25, 0.3) is 0 Å². The van der Waals surface area contributed by atoms with E-state index < -0.39 is 0 Å². The van der Waals surface area contributed by atoms with Crippen LogP contribution in [0.2, 0.25) is 0 Å². The van der Waals surface area contributed by atoms with E-state index >= 15 is 0 Å². The number of benzene rings is 2. The standard InChI is InChI=1S/C22H23N3O3/c1-2-24-13-16-8-9-25(14-15-4-3-5-18(24)21(15)16)22(26)23-17-6-7-19-20(12-17)28-11-10-27-19/h3-7,12-13H,2,8-11,14H2,1H3,(H,23,26). The van der Waals surface area contributed by atoms with E-state index in [0.717, 1.165) is 18.7 Å². The summed E-state index contributed by atoms with van der Waals surface area (Å²) in [5.41, 5.74) is 4.49. The number of rotatable bonds is 2. The third kappa shape index (κ3) is 2.85. The normalized spacial score (nSPS) is 15.4. The minimum atomic E-state index is -0.0952. The fourth-order valence-corrected chi connectivity index (χ4v) is 4.14. The number of urea groups is 1. The summed E-state index contributed by atoms with van der Waals surface area (Å²) in [5.74, 6) is 1.40. The zero-order valence-corrected chi connectivity index (χ0v) is 15.9. The minimum absolute atomic E-state index is 0.0952. The van der Waals surface area contributed by atoms with Gasteiger partial charge < -0.3 is 24.3 Å². The molecule has 2 aliphatic heterocycles. The first-order chi connectivity index (χ1) is 13.7. The minimum Gasteiger partial charge on any atom is -0.486 e. The molecule has 0 radical (unpaired) electrons. The number of fused-ring (bicyclic) bond motifs is 1. The smallest absolute Gasteiger partial charge is 0.322 e. The van der Waals surface area contributed by atoms with Crippen LogP contribution in [0.3, 0.4) is 0 Å². The molecule has 0 fully saturated rings. The van der Waals surface area contributed by atoms with E-state index in [0.29, 0.717) is 37.7 Å². The molecule has 6 heteroatoms. The number of ether oxygens (including phenoxy) is 2. The van der Waals surface area contributed by atoms with Crippen LogP contribution >= 0.6 is 0 Å². The van der Waals surface area contributed by atoms with Gasteiger partial charge in [0, 0.05) is 48.5 Å². The number of carbonyl (C=O) groups excluding carboxylic acids is 1. The Balaban J connectivity index is 1.38. The lowest BCUT2D eigenvalue weighted by Crippen LogP contribution is -2.35. The number of amides is 2. The molecule has 2 amide bonds. The molecule has 0 spiro atoms. The number of aryl methyl sites for hydroxylation is 1. The molecule has 0 aliphatic carbocycles. The predicted octanol–water partition coefficient (Wildman–Crippen LogP) is 4.02. The fourth-order valence-electron chi connectivity index (χ4n) is 4.14. The van der Waals surface area contributed by atoms with Crippen LogP contribution in [0.25, 0.3) is 10.9 Å². The first-order valence-electron chi connectivity index (χ1n) is 9.78. The number of nitrogens with zero attached hydrogens (tertiary/aromatic N) is 2. The Kier molecular flexibility index (Phi) is 4.11. The molecule has 1 N–H and O–H groups in total. The van der Waals surface area contributed by atoms with Gasteiger partial charge in [-0.3, -0.25) is 0 Å². The van der Waals surface area contributed by atoms with Crippen molar-refractivity contribution in [2.24, 2.45) is 0 Å². The highest BCUT2D eigenvalue weighted by Crippen LogP contribution is 2.33. The van der Waals surface area contributed by atoms with Crippen molar-refractivity contribution in [3.05, 3.63) is 53.7 Å². The van der Waals surface area contributed by atoms with Crippen molar-refractivity contribution in [3.63, 3.8) is 0 Å². The molecule has 1 aromatic heterocycles. The lowest BCUT2D eigenvalue weighted by molar-refractivity contribution is 0.171. The maximum atomic E-state index is 12.9. The molecular formula is C22H23N3O3. The Morgan fingerprint density at radius 1 is 1.11 bits per heavy atom. The summed E-state index contributed by atoms with van der Waals surface area (Å²) in [4.78, 5) is 14.8. The summed E-state index contributed by atoms with van der Waals surface area (Å²) in [6.07, 6.45) is 3.09. The van der Waals surface area contributed by atoms with Gasteiger partial charge in [-0.1, -0.05) is 12.1 Å². The average molecular weight is 377 g/mol. The molecule has 144 valence electrons. The van der Waals surface area contributed by atoms with Crippen LogP contribution in [0, 0.1) is 0 Å².